The number of hydrogen-bond acceptors (Lipinski definition) is 5. The summed E-state index contributed by atoms with van der Waals surface area (Å²) in [5, 5.41) is 46.2. The van der Waals surface area contributed by atoms with E-state index >= 15 is 0 Å². The van der Waals surface area contributed by atoms with Crippen molar-refractivity contribution in [1.82, 2.24) is 0 Å². The van der Waals surface area contributed by atoms with E-state index in [2.05, 4.69) is 46.8 Å². The second kappa shape index (κ2) is 8.17. The van der Waals surface area contributed by atoms with E-state index < -0.39 is 27.9 Å². The lowest BCUT2D eigenvalue weighted by Crippen LogP contribution is -2.76. The Labute approximate surface area is 246 Å². The third-order valence-corrected chi connectivity index (χ3v) is 15.9. The van der Waals surface area contributed by atoms with Crippen LogP contribution >= 0.6 is 0 Å². The van der Waals surface area contributed by atoms with Crippen LogP contribution in [-0.4, -0.2) is 51.1 Å². The van der Waals surface area contributed by atoms with Gasteiger partial charge in [-0.3, -0.25) is 4.79 Å². The average Bonchev–Trinajstić information content (AvgIpc) is 3.29. The highest BCUT2D eigenvalue weighted by Crippen LogP contribution is 2.81. The van der Waals surface area contributed by atoms with Crippen LogP contribution in [0.25, 0.3) is 0 Å². The molecule has 5 fully saturated rings. The zero-order chi connectivity index (χ0) is 29.6. The number of aliphatic hydroxyl groups is 4. The second-order valence-corrected chi connectivity index (χ2v) is 17.8. The smallest absolute Gasteiger partial charge is 0.159 e. The predicted octanol–water partition coefficient (Wildman–Crippen LogP) is 5.60. The highest BCUT2D eigenvalue weighted by atomic mass is 16.3. The quantitative estimate of drug-likeness (QED) is 0.326. The van der Waals surface area contributed by atoms with Gasteiger partial charge in [0.15, 0.2) is 5.78 Å². The molecule has 5 saturated carbocycles. The minimum absolute atomic E-state index is 0.0423. The summed E-state index contributed by atoms with van der Waals surface area (Å²) >= 11 is 0. The minimum atomic E-state index is -1.14. The van der Waals surface area contributed by atoms with Crippen LogP contribution in [0.1, 0.15) is 106 Å². The number of rotatable bonds is 2. The molecular formula is C36H54O5. The fraction of sp³-hybridized carbons (Fsp3) is 0.861. The number of allylic oxidation sites excluding steroid dienone is 3. The van der Waals surface area contributed by atoms with E-state index in [9.17, 15) is 25.2 Å². The number of hydrogen-bond donors (Lipinski definition) is 4. The van der Waals surface area contributed by atoms with Gasteiger partial charge < -0.3 is 20.4 Å². The topological polar surface area (TPSA) is 98.0 Å². The molecule has 0 aliphatic heterocycles. The molecule has 0 aromatic rings. The Balaban J connectivity index is 1.44. The summed E-state index contributed by atoms with van der Waals surface area (Å²) < 4.78 is 0. The van der Waals surface area contributed by atoms with Gasteiger partial charge in [-0.15, -0.1) is 0 Å². The summed E-state index contributed by atoms with van der Waals surface area (Å²) in [5.74, 6) is 0.341. The normalized spacial score (nSPS) is 58.4. The Morgan fingerprint density at radius 3 is 2.34 bits per heavy atom. The Hall–Kier alpha value is -1.01. The van der Waals surface area contributed by atoms with E-state index in [1.165, 1.54) is 5.57 Å². The molecule has 7 aliphatic rings. The molecule has 12 atom stereocenters. The minimum Gasteiger partial charge on any atom is -0.396 e. The molecule has 7 rings (SSSR count). The molecule has 0 aromatic carbocycles. The Morgan fingerprint density at radius 1 is 0.927 bits per heavy atom. The van der Waals surface area contributed by atoms with Crippen molar-refractivity contribution in [1.29, 1.82) is 0 Å². The van der Waals surface area contributed by atoms with Gasteiger partial charge in [-0.25, -0.2) is 0 Å². The third kappa shape index (κ3) is 2.97. The maximum Gasteiger partial charge on any atom is 0.159 e. The number of carbonyl (C=O) groups is 1. The number of fused-ring (bicyclic) bond motifs is 6. The molecule has 5 nitrogen and oxygen atoms in total. The molecule has 0 saturated heterocycles. The lowest BCUT2D eigenvalue weighted by Gasteiger charge is -2.76. The fourth-order valence-corrected chi connectivity index (χ4v) is 14.2. The largest absolute Gasteiger partial charge is 0.396 e. The van der Waals surface area contributed by atoms with Crippen molar-refractivity contribution in [2.45, 2.75) is 117 Å². The summed E-state index contributed by atoms with van der Waals surface area (Å²) in [5.41, 5.74) is -2.47. The van der Waals surface area contributed by atoms with E-state index in [4.69, 9.17) is 0 Å². The molecule has 0 heterocycles. The molecule has 0 aromatic heterocycles. The van der Waals surface area contributed by atoms with Crippen molar-refractivity contribution in [3.05, 3.63) is 23.8 Å². The van der Waals surface area contributed by atoms with Crippen LogP contribution < -0.4 is 0 Å². The molecule has 228 valence electrons. The molecule has 12 unspecified atom stereocenters. The molecule has 5 heteroatoms. The van der Waals surface area contributed by atoms with Crippen LogP contribution in [0.15, 0.2) is 23.8 Å². The van der Waals surface area contributed by atoms with Gasteiger partial charge in [-0.2, -0.15) is 0 Å². The third-order valence-electron chi connectivity index (χ3n) is 15.9. The van der Waals surface area contributed by atoms with E-state index in [1.807, 2.05) is 13.0 Å². The standard InChI is InChI=1S/C36H54O5/c1-29(2)17-24-23-16-25(39)28-30(3)13-11-27(40)31(4,20-37)26(30)10-14-32(28,5)33(23,6)19-35(41)15-9-22-8-7-12-34(22,18-29)36(24,35)21-38/h9,15-16,22,24,26-28,37-38,40-41H,7-8,10-14,17-21H2,1-6H3. The van der Waals surface area contributed by atoms with Crippen LogP contribution in [0, 0.1) is 61.6 Å². The first-order valence-electron chi connectivity index (χ1n) is 16.6. The molecule has 0 radical (unpaired) electrons. The predicted molar refractivity (Wildman–Crippen MR) is 159 cm³/mol. The van der Waals surface area contributed by atoms with Crippen molar-refractivity contribution in [3.8, 4) is 0 Å². The first-order valence-corrected chi connectivity index (χ1v) is 16.6. The summed E-state index contributed by atoms with van der Waals surface area (Å²) in [4.78, 5) is 14.7. The summed E-state index contributed by atoms with van der Waals surface area (Å²) in [7, 11) is 0. The fourth-order valence-electron chi connectivity index (χ4n) is 14.2. The average molecular weight is 567 g/mol. The molecule has 7 aliphatic carbocycles. The van der Waals surface area contributed by atoms with Gasteiger partial charge in [0.05, 0.1) is 24.9 Å². The van der Waals surface area contributed by atoms with Gasteiger partial charge >= 0.3 is 0 Å². The van der Waals surface area contributed by atoms with Gasteiger partial charge in [0.25, 0.3) is 0 Å². The summed E-state index contributed by atoms with van der Waals surface area (Å²) in [6.07, 6.45) is 14.6. The molecule has 4 N–H and O–H groups in total. The van der Waals surface area contributed by atoms with E-state index in [0.717, 1.165) is 51.4 Å². The first kappa shape index (κ1) is 28.7. The van der Waals surface area contributed by atoms with Crippen molar-refractivity contribution >= 4 is 5.78 Å². The van der Waals surface area contributed by atoms with Gasteiger partial charge in [-0.1, -0.05) is 65.7 Å². The van der Waals surface area contributed by atoms with Gasteiger partial charge in [0.2, 0.25) is 0 Å². The second-order valence-electron chi connectivity index (χ2n) is 17.8. The van der Waals surface area contributed by atoms with Gasteiger partial charge in [-0.05, 0) is 109 Å². The van der Waals surface area contributed by atoms with E-state index in [0.29, 0.717) is 18.8 Å². The van der Waals surface area contributed by atoms with Crippen LogP contribution in [0.4, 0.5) is 0 Å². The van der Waals surface area contributed by atoms with Crippen LogP contribution in [-0.2, 0) is 4.79 Å². The van der Waals surface area contributed by atoms with Crippen molar-refractivity contribution < 1.29 is 25.2 Å². The van der Waals surface area contributed by atoms with Crippen molar-refractivity contribution in [2.24, 2.45) is 61.6 Å². The Kier molecular flexibility index (Phi) is 5.73. The van der Waals surface area contributed by atoms with Crippen molar-refractivity contribution in [2.75, 3.05) is 13.2 Å². The lowest BCUT2D eigenvalue weighted by molar-refractivity contribution is -0.277. The lowest BCUT2D eigenvalue weighted by atomic mass is 9.28. The summed E-state index contributed by atoms with van der Waals surface area (Å²) in [6, 6.07) is 0. The maximum absolute atomic E-state index is 14.7. The molecular weight excluding hydrogens is 512 g/mol. The Bertz CT molecular complexity index is 1240. The molecule has 41 heavy (non-hydrogen) atoms. The van der Waals surface area contributed by atoms with E-state index in [-0.39, 0.29) is 58.4 Å². The number of aliphatic hydroxyl groups excluding tert-OH is 3. The zero-order valence-electron chi connectivity index (χ0n) is 26.3. The SMILES string of the molecule is CC1(C)CC2C3=CC(=O)C4C5(C)CCC(O)C(C)(CO)C5CCC4(C)C3(C)CC3(O)C=CC4CCCC4(C1)C23CO. The number of carbonyl (C=O) groups excluding carboxylic acids is 1. The summed E-state index contributed by atoms with van der Waals surface area (Å²) in [6.45, 7) is 13.6. The highest BCUT2D eigenvalue weighted by molar-refractivity contribution is 5.95. The Morgan fingerprint density at radius 2 is 1.66 bits per heavy atom. The highest BCUT2D eigenvalue weighted by Gasteiger charge is 2.79. The van der Waals surface area contributed by atoms with Crippen LogP contribution in [0.5, 0.6) is 0 Å². The maximum atomic E-state index is 14.7. The number of ketones is 1. The zero-order valence-corrected chi connectivity index (χ0v) is 26.3. The van der Waals surface area contributed by atoms with Crippen LogP contribution in [0.3, 0.4) is 0 Å². The first-order chi connectivity index (χ1) is 19.0. The monoisotopic (exact) mass is 566 g/mol. The molecule has 0 amide bonds. The van der Waals surface area contributed by atoms with Crippen LogP contribution in [0.2, 0.25) is 0 Å². The van der Waals surface area contributed by atoms with Crippen molar-refractivity contribution in [3.63, 3.8) is 0 Å². The van der Waals surface area contributed by atoms with Gasteiger partial charge in [0, 0.05) is 16.7 Å². The molecule has 0 bridgehead atoms. The van der Waals surface area contributed by atoms with E-state index in [1.54, 1.807) is 0 Å². The molecule has 1 spiro atoms. The van der Waals surface area contributed by atoms with Gasteiger partial charge in [0.1, 0.15) is 0 Å².